The van der Waals surface area contributed by atoms with E-state index in [9.17, 15) is 4.39 Å². The van der Waals surface area contributed by atoms with Gasteiger partial charge in [0.2, 0.25) is 0 Å². The minimum absolute atomic E-state index is 0. The van der Waals surface area contributed by atoms with Crippen LogP contribution in [0, 0.1) is 5.82 Å². The lowest BCUT2D eigenvalue weighted by Gasteiger charge is -2.33. The molecular weight excluding hydrogens is 348 g/mol. The van der Waals surface area contributed by atoms with Crippen LogP contribution in [0.3, 0.4) is 0 Å². The Bertz CT molecular complexity index is 651. The van der Waals surface area contributed by atoms with E-state index in [2.05, 4.69) is 34.3 Å². The molecule has 6 heteroatoms. The van der Waals surface area contributed by atoms with Gasteiger partial charge in [0.15, 0.2) is 0 Å². The Morgan fingerprint density at radius 3 is 2.38 bits per heavy atom. The number of hydrazone groups is 1. The summed E-state index contributed by atoms with van der Waals surface area (Å²) in [7, 11) is 0. The summed E-state index contributed by atoms with van der Waals surface area (Å²) in [5.41, 5.74) is 1.67. The first-order valence-electron chi connectivity index (χ1n) is 7.71. The van der Waals surface area contributed by atoms with Gasteiger partial charge in [-0.1, -0.05) is 48.0 Å². The summed E-state index contributed by atoms with van der Waals surface area (Å²) in [5.74, 6) is -0.344. The Balaban J connectivity index is 0.00000208. The molecule has 0 N–H and O–H groups in total. The molecule has 0 aliphatic carbocycles. The molecule has 0 bridgehead atoms. The summed E-state index contributed by atoms with van der Waals surface area (Å²) in [6.45, 7) is 4.50. The zero-order valence-electron chi connectivity index (χ0n) is 13.2. The van der Waals surface area contributed by atoms with Crippen molar-refractivity contribution in [1.29, 1.82) is 0 Å². The lowest BCUT2D eigenvalue weighted by atomic mass is 10.2. The van der Waals surface area contributed by atoms with Crippen LogP contribution in [-0.2, 0) is 6.54 Å². The van der Waals surface area contributed by atoms with Crippen molar-refractivity contribution in [3.63, 3.8) is 0 Å². The molecule has 0 aromatic heterocycles. The van der Waals surface area contributed by atoms with Crippen LogP contribution in [0.1, 0.15) is 11.1 Å². The number of benzene rings is 2. The van der Waals surface area contributed by atoms with E-state index >= 15 is 0 Å². The van der Waals surface area contributed by atoms with Crippen LogP contribution in [0.25, 0.3) is 0 Å². The van der Waals surface area contributed by atoms with Gasteiger partial charge in [-0.2, -0.15) is 5.10 Å². The molecule has 1 aliphatic rings. The van der Waals surface area contributed by atoms with Crippen molar-refractivity contribution in [2.75, 3.05) is 26.2 Å². The predicted octanol–water partition coefficient (Wildman–Crippen LogP) is 4.05. The fraction of sp³-hybridized carbons (Fsp3) is 0.278. The lowest BCUT2D eigenvalue weighted by Crippen LogP contribution is -2.43. The molecule has 0 saturated carbocycles. The molecule has 0 unspecified atom stereocenters. The van der Waals surface area contributed by atoms with Crippen molar-refractivity contribution in [3.8, 4) is 0 Å². The van der Waals surface area contributed by atoms with Gasteiger partial charge in [-0.3, -0.25) is 9.91 Å². The third kappa shape index (κ3) is 4.94. The normalized spacial score (nSPS) is 15.5. The number of halogens is 3. The first-order chi connectivity index (χ1) is 11.2. The van der Waals surface area contributed by atoms with E-state index in [1.54, 1.807) is 12.1 Å². The summed E-state index contributed by atoms with van der Waals surface area (Å²) in [6.07, 6.45) is 1.52. The fourth-order valence-electron chi connectivity index (χ4n) is 2.63. The van der Waals surface area contributed by atoms with E-state index in [1.165, 1.54) is 17.8 Å². The number of nitrogens with zero attached hydrogens (tertiary/aromatic N) is 3. The maximum Gasteiger partial charge on any atom is 0.133 e. The van der Waals surface area contributed by atoms with Gasteiger partial charge in [0, 0.05) is 38.3 Å². The molecule has 0 atom stereocenters. The molecule has 2 aromatic carbocycles. The first-order valence-corrected chi connectivity index (χ1v) is 8.09. The largest absolute Gasteiger partial charge is 0.295 e. The SMILES string of the molecule is Cl.Fc1cccc(Cl)c1/C=N\N1CCN(Cc2ccccc2)CC1. The Kier molecular flexibility index (Phi) is 7.03. The van der Waals surface area contributed by atoms with Gasteiger partial charge in [-0.15, -0.1) is 12.4 Å². The predicted molar refractivity (Wildman–Crippen MR) is 99.5 cm³/mol. The van der Waals surface area contributed by atoms with Crippen LogP contribution >= 0.6 is 24.0 Å². The van der Waals surface area contributed by atoms with Crippen molar-refractivity contribution in [2.45, 2.75) is 6.54 Å². The molecule has 2 aromatic rings. The molecular formula is C18H20Cl2FN3. The van der Waals surface area contributed by atoms with Crippen LogP contribution < -0.4 is 0 Å². The molecule has 0 amide bonds. The molecule has 3 nitrogen and oxygen atoms in total. The van der Waals surface area contributed by atoms with E-state index < -0.39 is 0 Å². The van der Waals surface area contributed by atoms with Gasteiger partial charge >= 0.3 is 0 Å². The average Bonchev–Trinajstić information content (AvgIpc) is 2.57. The molecule has 1 saturated heterocycles. The Hall–Kier alpha value is -1.62. The molecule has 128 valence electrons. The zero-order valence-corrected chi connectivity index (χ0v) is 14.8. The highest BCUT2D eigenvalue weighted by atomic mass is 35.5. The summed E-state index contributed by atoms with van der Waals surface area (Å²) >= 11 is 6.00. The number of hydrogen-bond donors (Lipinski definition) is 0. The second-order valence-corrected chi connectivity index (χ2v) is 6.00. The molecule has 1 heterocycles. The van der Waals surface area contributed by atoms with Gasteiger partial charge in [0.25, 0.3) is 0 Å². The highest BCUT2D eigenvalue weighted by molar-refractivity contribution is 6.33. The van der Waals surface area contributed by atoms with Crippen molar-refractivity contribution >= 4 is 30.2 Å². The smallest absolute Gasteiger partial charge is 0.133 e. The third-order valence-electron chi connectivity index (χ3n) is 3.95. The van der Waals surface area contributed by atoms with Crippen molar-refractivity contribution in [2.24, 2.45) is 5.10 Å². The van der Waals surface area contributed by atoms with Crippen molar-refractivity contribution in [3.05, 3.63) is 70.5 Å². The summed E-state index contributed by atoms with van der Waals surface area (Å²) in [6, 6.07) is 15.1. The van der Waals surface area contributed by atoms with Gasteiger partial charge in [0.1, 0.15) is 5.82 Å². The van der Waals surface area contributed by atoms with Gasteiger partial charge in [-0.25, -0.2) is 4.39 Å². The van der Waals surface area contributed by atoms with Crippen LogP contribution in [0.2, 0.25) is 5.02 Å². The van der Waals surface area contributed by atoms with Crippen LogP contribution in [0.5, 0.6) is 0 Å². The second-order valence-electron chi connectivity index (χ2n) is 5.60. The topological polar surface area (TPSA) is 18.8 Å². The lowest BCUT2D eigenvalue weighted by molar-refractivity contribution is 0.131. The number of piperazine rings is 1. The maximum atomic E-state index is 13.7. The minimum Gasteiger partial charge on any atom is -0.295 e. The van der Waals surface area contributed by atoms with E-state index in [-0.39, 0.29) is 18.2 Å². The Labute approximate surface area is 153 Å². The Morgan fingerprint density at radius 1 is 1.00 bits per heavy atom. The second kappa shape index (κ2) is 9.02. The van der Waals surface area contributed by atoms with Gasteiger partial charge < -0.3 is 0 Å². The fourth-order valence-corrected chi connectivity index (χ4v) is 2.84. The summed E-state index contributed by atoms with van der Waals surface area (Å²) in [5, 5.41) is 6.72. The van der Waals surface area contributed by atoms with E-state index in [1.807, 2.05) is 11.1 Å². The number of hydrogen-bond acceptors (Lipinski definition) is 3. The van der Waals surface area contributed by atoms with Gasteiger partial charge in [0.05, 0.1) is 11.2 Å². The van der Waals surface area contributed by atoms with Crippen molar-refractivity contribution < 1.29 is 4.39 Å². The molecule has 1 aliphatic heterocycles. The van der Waals surface area contributed by atoms with Crippen LogP contribution in [-0.4, -0.2) is 42.3 Å². The Morgan fingerprint density at radius 2 is 1.71 bits per heavy atom. The summed E-state index contributed by atoms with van der Waals surface area (Å²) < 4.78 is 13.7. The number of rotatable bonds is 4. The minimum atomic E-state index is -0.344. The third-order valence-corrected chi connectivity index (χ3v) is 4.28. The van der Waals surface area contributed by atoms with Crippen molar-refractivity contribution in [1.82, 2.24) is 9.91 Å². The molecule has 3 rings (SSSR count). The standard InChI is InChI=1S/C18H19ClFN3.ClH/c19-17-7-4-8-18(20)16(17)13-21-23-11-9-22(10-12-23)14-15-5-2-1-3-6-15;/h1-8,13H,9-12,14H2;1H/b21-13-;. The first kappa shape index (κ1) is 18.7. The highest BCUT2D eigenvalue weighted by Crippen LogP contribution is 2.17. The van der Waals surface area contributed by atoms with Crippen LogP contribution in [0.15, 0.2) is 53.6 Å². The maximum absolute atomic E-state index is 13.7. The van der Waals surface area contributed by atoms with E-state index in [4.69, 9.17) is 11.6 Å². The molecule has 24 heavy (non-hydrogen) atoms. The highest BCUT2D eigenvalue weighted by Gasteiger charge is 2.15. The quantitative estimate of drug-likeness (QED) is 0.759. The molecule has 0 radical (unpaired) electrons. The molecule has 1 fully saturated rings. The van der Waals surface area contributed by atoms with E-state index in [0.29, 0.717) is 10.6 Å². The zero-order chi connectivity index (χ0) is 16.1. The monoisotopic (exact) mass is 367 g/mol. The average molecular weight is 368 g/mol. The van der Waals surface area contributed by atoms with Crippen LogP contribution in [0.4, 0.5) is 4.39 Å². The summed E-state index contributed by atoms with van der Waals surface area (Å²) in [4.78, 5) is 2.40. The van der Waals surface area contributed by atoms with Gasteiger partial charge in [-0.05, 0) is 17.7 Å². The van der Waals surface area contributed by atoms with E-state index in [0.717, 1.165) is 32.7 Å². The molecule has 0 spiro atoms.